The second-order valence-electron chi connectivity index (χ2n) is 5.51. The summed E-state index contributed by atoms with van der Waals surface area (Å²) in [6.07, 6.45) is 0.0488. The minimum atomic E-state index is -2.92. The van der Waals surface area contributed by atoms with E-state index >= 15 is 0 Å². The van der Waals surface area contributed by atoms with E-state index in [4.69, 9.17) is 0 Å². The van der Waals surface area contributed by atoms with Gasteiger partial charge >= 0.3 is 6.61 Å². The summed E-state index contributed by atoms with van der Waals surface area (Å²) in [5, 5.41) is 12.4. The van der Waals surface area contributed by atoms with Gasteiger partial charge in [-0.1, -0.05) is 19.9 Å². The molecule has 0 heterocycles. The summed E-state index contributed by atoms with van der Waals surface area (Å²) < 4.78 is 28.5. The van der Waals surface area contributed by atoms with Crippen LogP contribution in [-0.2, 0) is 0 Å². The predicted octanol–water partition coefficient (Wildman–Crippen LogP) is 2.18. The summed E-state index contributed by atoms with van der Waals surface area (Å²) in [6, 6.07) is 5.50. The van der Waals surface area contributed by atoms with Gasteiger partial charge in [0.05, 0.1) is 6.10 Å². The molecule has 2 unspecified atom stereocenters. The van der Waals surface area contributed by atoms with E-state index in [1.54, 1.807) is 0 Å². The molecule has 2 N–H and O–H groups in total. The molecule has 0 bridgehead atoms. The molecule has 1 fully saturated rings. The van der Waals surface area contributed by atoms with Crippen LogP contribution >= 0.6 is 0 Å². The smallest absolute Gasteiger partial charge is 0.387 e. The fourth-order valence-electron chi connectivity index (χ4n) is 2.20. The summed E-state index contributed by atoms with van der Waals surface area (Å²) in [6.45, 7) is 0.805. The number of halogens is 2. The molecule has 2 atom stereocenters. The molecule has 0 spiro atoms. The van der Waals surface area contributed by atoms with Crippen molar-refractivity contribution in [3.05, 3.63) is 29.8 Å². The first-order chi connectivity index (χ1) is 9.30. The minimum absolute atomic E-state index is 0.0550. The largest absolute Gasteiger partial charge is 0.435 e. The summed E-state index contributed by atoms with van der Waals surface area (Å²) in [7, 11) is 0. The number of ether oxygens (including phenoxy) is 1. The molecule has 0 aliphatic heterocycles. The molecule has 1 aliphatic rings. The fourth-order valence-corrected chi connectivity index (χ4v) is 2.20. The third-order valence-electron chi connectivity index (χ3n) is 3.84. The topological polar surface area (TPSA) is 58.6 Å². The number of nitrogens with one attached hydrogen (secondary N) is 1. The normalized spacial score (nSPS) is 24.1. The van der Waals surface area contributed by atoms with Crippen molar-refractivity contribution in [1.82, 2.24) is 5.32 Å². The molecule has 110 valence electrons. The van der Waals surface area contributed by atoms with Crippen LogP contribution in [0.1, 0.15) is 30.6 Å². The zero-order valence-electron chi connectivity index (χ0n) is 11.3. The number of aliphatic hydroxyl groups excluding tert-OH is 1. The molecular formula is C14H17F2NO3. The minimum Gasteiger partial charge on any atom is -0.435 e. The van der Waals surface area contributed by atoms with Gasteiger partial charge < -0.3 is 15.2 Å². The number of aliphatic hydroxyl groups is 1. The molecule has 0 aromatic heterocycles. The number of rotatable bonds is 4. The molecule has 0 radical (unpaired) electrons. The third kappa shape index (κ3) is 2.90. The lowest BCUT2D eigenvalue weighted by atomic mass is 9.64. The first-order valence-electron chi connectivity index (χ1n) is 6.34. The van der Waals surface area contributed by atoms with Crippen LogP contribution in [0.15, 0.2) is 24.3 Å². The van der Waals surface area contributed by atoms with Crippen LogP contribution in [-0.4, -0.2) is 29.8 Å². The summed E-state index contributed by atoms with van der Waals surface area (Å²) in [5.74, 6) is -0.421. The molecule has 1 aromatic rings. The molecule has 6 heteroatoms. The molecule has 0 saturated heterocycles. The Bertz CT molecular complexity index is 505. The number of amides is 1. The first kappa shape index (κ1) is 14.7. The van der Waals surface area contributed by atoms with Gasteiger partial charge in [-0.15, -0.1) is 0 Å². The highest BCUT2D eigenvalue weighted by molar-refractivity contribution is 5.94. The Morgan fingerprint density at radius 2 is 2.20 bits per heavy atom. The van der Waals surface area contributed by atoms with E-state index in [0.29, 0.717) is 6.42 Å². The average molecular weight is 285 g/mol. The van der Waals surface area contributed by atoms with Gasteiger partial charge in [0.2, 0.25) is 0 Å². The van der Waals surface area contributed by atoms with E-state index in [0.717, 1.165) is 0 Å². The molecule has 1 aromatic carbocycles. The zero-order chi connectivity index (χ0) is 14.9. The highest BCUT2D eigenvalue weighted by atomic mass is 19.3. The Hall–Kier alpha value is -1.69. The van der Waals surface area contributed by atoms with E-state index in [2.05, 4.69) is 10.1 Å². The highest BCUT2D eigenvalue weighted by Gasteiger charge is 2.47. The van der Waals surface area contributed by atoms with Crippen LogP contribution in [0.3, 0.4) is 0 Å². The number of benzene rings is 1. The van der Waals surface area contributed by atoms with Gasteiger partial charge in [-0.05, 0) is 24.6 Å². The van der Waals surface area contributed by atoms with Crippen molar-refractivity contribution < 1.29 is 23.4 Å². The van der Waals surface area contributed by atoms with E-state index < -0.39 is 12.7 Å². The van der Waals surface area contributed by atoms with E-state index in [1.807, 2.05) is 13.8 Å². The second kappa shape index (κ2) is 5.36. The SMILES string of the molecule is CC1(C)C(O)CC1NC(=O)c1cccc(OC(F)F)c1. The lowest BCUT2D eigenvalue weighted by molar-refractivity contribution is -0.0690. The van der Waals surface area contributed by atoms with Gasteiger partial charge in [0.1, 0.15) is 5.75 Å². The maximum Gasteiger partial charge on any atom is 0.387 e. The molecule has 1 saturated carbocycles. The summed E-state index contributed by atoms with van der Waals surface area (Å²) in [4.78, 5) is 12.0. The number of hydrogen-bond acceptors (Lipinski definition) is 3. The molecule has 1 amide bonds. The van der Waals surface area contributed by atoms with Crippen LogP contribution in [0.5, 0.6) is 5.75 Å². The van der Waals surface area contributed by atoms with Crippen molar-refractivity contribution in [2.45, 2.75) is 39.0 Å². The van der Waals surface area contributed by atoms with Crippen LogP contribution in [0.25, 0.3) is 0 Å². The number of alkyl halides is 2. The quantitative estimate of drug-likeness (QED) is 0.891. The fraction of sp³-hybridized carbons (Fsp3) is 0.500. The zero-order valence-corrected chi connectivity index (χ0v) is 11.3. The molecule has 1 aliphatic carbocycles. The predicted molar refractivity (Wildman–Crippen MR) is 68.7 cm³/mol. The number of hydrogen-bond donors (Lipinski definition) is 2. The Morgan fingerprint density at radius 3 is 2.75 bits per heavy atom. The average Bonchev–Trinajstić information content (AvgIpc) is 2.37. The highest BCUT2D eigenvalue weighted by Crippen LogP contribution is 2.40. The first-order valence-corrected chi connectivity index (χ1v) is 6.34. The van der Waals surface area contributed by atoms with E-state index in [-0.39, 0.29) is 28.7 Å². The Labute approximate surface area is 115 Å². The third-order valence-corrected chi connectivity index (χ3v) is 3.84. The molecule has 20 heavy (non-hydrogen) atoms. The van der Waals surface area contributed by atoms with Crippen LogP contribution < -0.4 is 10.1 Å². The Morgan fingerprint density at radius 1 is 1.50 bits per heavy atom. The van der Waals surface area contributed by atoms with Gasteiger partial charge in [-0.2, -0.15) is 8.78 Å². The lowest BCUT2D eigenvalue weighted by Gasteiger charge is -2.49. The standard InChI is InChI=1S/C14H17F2NO3/c1-14(2)10(7-11(14)18)17-12(19)8-4-3-5-9(6-8)20-13(15)16/h3-6,10-11,13,18H,7H2,1-2H3,(H,17,19). The molecule has 4 nitrogen and oxygen atoms in total. The van der Waals surface area contributed by atoms with Crippen molar-refractivity contribution >= 4 is 5.91 Å². The van der Waals surface area contributed by atoms with Gasteiger partial charge in [0.25, 0.3) is 5.91 Å². The molecular weight excluding hydrogens is 268 g/mol. The van der Waals surface area contributed by atoms with Crippen molar-refractivity contribution in [1.29, 1.82) is 0 Å². The number of carbonyl (C=O) groups is 1. The van der Waals surface area contributed by atoms with Crippen molar-refractivity contribution in [3.63, 3.8) is 0 Å². The van der Waals surface area contributed by atoms with Crippen molar-refractivity contribution in [2.75, 3.05) is 0 Å². The lowest BCUT2D eigenvalue weighted by Crippen LogP contribution is -2.61. The van der Waals surface area contributed by atoms with Crippen LogP contribution in [0.4, 0.5) is 8.78 Å². The van der Waals surface area contributed by atoms with E-state index in [9.17, 15) is 18.7 Å². The van der Waals surface area contributed by atoms with Crippen molar-refractivity contribution in [3.8, 4) is 5.75 Å². The maximum atomic E-state index is 12.1. The van der Waals surface area contributed by atoms with Gasteiger partial charge in [-0.25, -0.2) is 0 Å². The summed E-state index contributed by atoms with van der Waals surface area (Å²) in [5.41, 5.74) is -0.132. The second-order valence-corrected chi connectivity index (χ2v) is 5.51. The van der Waals surface area contributed by atoms with Crippen LogP contribution in [0, 0.1) is 5.41 Å². The molecule has 2 rings (SSSR count). The summed E-state index contributed by atoms with van der Waals surface area (Å²) >= 11 is 0. The van der Waals surface area contributed by atoms with Gasteiger partial charge in [0, 0.05) is 17.0 Å². The van der Waals surface area contributed by atoms with Crippen LogP contribution in [0.2, 0.25) is 0 Å². The maximum absolute atomic E-state index is 12.1. The number of carbonyl (C=O) groups excluding carboxylic acids is 1. The van der Waals surface area contributed by atoms with Crippen molar-refractivity contribution in [2.24, 2.45) is 5.41 Å². The Balaban J connectivity index is 2.03. The Kier molecular flexibility index (Phi) is 3.94. The van der Waals surface area contributed by atoms with E-state index in [1.165, 1.54) is 24.3 Å². The van der Waals surface area contributed by atoms with Gasteiger partial charge in [0.15, 0.2) is 0 Å². The monoisotopic (exact) mass is 285 g/mol. The van der Waals surface area contributed by atoms with Gasteiger partial charge in [-0.3, -0.25) is 4.79 Å².